The molecule has 1 amide bonds. The average molecular weight is 324 g/mol. The van der Waals surface area contributed by atoms with Gasteiger partial charge in [-0.05, 0) is 37.1 Å². The highest BCUT2D eigenvalue weighted by molar-refractivity contribution is 6.02. The molecule has 1 saturated heterocycles. The van der Waals surface area contributed by atoms with E-state index in [4.69, 9.17) is 4.74 Å². The molecule has 1 N–H and O–H groups in total. The minimum absolute atomic E-state index is 0.0728. The summed E-state index contributed by atoms with van der Waals surface area (Å²) in [5.74, 6) is -0.0728. The van der Waals surface area contributed by atoms with E-state index in [2.05, 4.69) is 10.4 Å². The number of hydrogen-bond donors (Lipinski definition) is 1. The van der Waals surface area contributed by atoms with Gasteiger partial charge in [-0.3, -0.25) is 9.48 Å². The number of aromatic nitrogens is 3. The molecule has 1 aliphatic heterocycles. The van der Waals surface area contributed by atoms with Gasteiger partial charge in [0.15, 0.2) is 0 Å². The quantitative estimate of drug-likeness (QED) is 0.801. The Balaban J connectivity index is 1.66. The normalized spacial score (nSPS) is 17.5. The molecule has 6 nitrogen and oxygen atoms in total. The summed E-state index contributed by atoms with van der Waals surface area (Å²) < 4.78 is 9.33. The lowest BCUT2D eigenvalue weighted by Crippen LogP contribution is -2.31. The van der Waals surface area contributed by atoms with Gasteiger partial charge in [0.2, 0.25) is 0 Å². The molecule has 0 aromatic carbocycles. The van der Waals surface area contributed by atoms with Crippen LogP contribution in [0, 0.1) is 0 Å². The molecule has 3 aromatic heterocycles. The first-order valence-corrected chi connectivity index (χ1v) is 8.22. The van der Waals surface area contributed by atoms with Crippen molar-refractivity contribution < 1.29 is 9.53 Å². The summed E-state index contributed by atoms with van der Waals surface area (Å²) in [6, 6.07) is 9.70. The Morgan fingerprint density at radius 1 is 1.38 bits per heavy atom. The highest BCUT2D eigenvalue weighted by Crippen LogP contribution is 2.25. The highest BCUT2D eigenvalue weighted by atomic mass is 16.5. The monoisotopic (exact) mass is 324 g/mol. The Morgan fingerprint density at radius 3 is 3.04 bits per heavy atom. The van der Waals surface area contributed by atoms with Gasteiger partial charge in [0.25, 0.3) is 5.91 Å². The molecule has 24 heavy (non-hydrogen) atoms. The molecular weight excluding hydrogens is 304 g/mol. The van der Waals surface area contributed by atoms with E-state index in [-0.39, 0.29) is 12.0 Å². The van der Waals surface area contributed by atoms with Gasteiger partial charge in [0.1, 0.15) is 5.69 Å². The summed E-state index contributed by atoms with van der Waals surface area (Å²) in [4.78, 5) is 12.7. The van der Waals surface area contributed by atoms with E-state index in [9.17, 15) is 4.79 Å². The highest BCUT2D eigenvalue weighted by Gasteiger charge is 2.20. The lowest BCUT2D eigenvalue weighted by Gasteiger charge is -2.10. The largest absolute Gasteiger partial charge is 0.376 e. The summed E-state index contributed by atoms with van der Waals surface area (Å²) in [5, 5.41) is 7.46. The molecule has 0 aliphatic carbocycles. The summed E-state index contributed by atoms with van der Waals surface area (Å²) in [6.45, 7) is 1.35. The maximum Gasteiger partial charge on any atom is 0.253 e. The number of ether oxygens (including phenoxy) is 1. The fraction of sp³-hybridized carbons (Fsp3) is 0.333. The van der Waals surface area contributed by atoms with Gasteiger partial charge >= 0.3 is 0 Å². The van der Waals surface area contributed by atoms with E-state index in [1.54, 1.807) is 4.68 Å². The second kappa shape index (κ2) is 6.13. The molecule has 124 valence electrons. The third kappa shape index (κ3) is 2.69. The minimum atomic E-state index is -0.0728. The van der Waals surface area contributed by atoms with Crippen LogP contribution in [0.25, 0.3) is 16.9 Å². The molecule has 4 rings (SSSR count). The van der Waals surface area contributed by atoms with Crippen molar-refractivity contribution in [2.75, 3.05) is 13.2 Å². The Hall–Kier alpha value is -2.60. The van der Waals surface area contributed by atoms with E-state index in [1.165, 1.54) is 0 Å². The number of fused-ring (bicyclic) bond motifs is 1. The van der Waals surface area contributed by atoms with Crippen LogP contribution in [-0.4, -0.2) is 39.3 Å². The van der Waals surface area contributed by atoms with Crippen LogP contribution in [0.1, 0.15) is 23.2 Å². The van der Waals surface area contributed by atoms with E-state index in [0.717, 1.165) is 36.4 Å². The number of carbonyl (C=O) groups is 1. The van der Waals surface area contributed by atoms with Crippen LogP contribution in [0.3, 0.4) is 0 Å². The number of aryl methyl sites for hydroxylation is 1. The first kappa shape index (κ1) is 15.0. The Kier molecular flexibility index (Phi) is 3.82. The smallest absolute Gasteiger partial charge is 0.253 e. The van der Waals surface area contributed by atoms with Gasteiger partial charge in [-0.25, -0.2) is 0 Å². The Labute approximate surface area is 140 Å². The fourth-order valence-electron chi connectivity index (χ4n) is 3.19. The second-order valence-electron chi connectivity index (χ2n) is 6.12. The zero-order valence-corrected chi connectivity index (χ0v) is 13.6. The zero-order valence-electron chi connectivity index (χ0n) is 13.6. The average Bonchev–Trinajstić information content (AvgIpc) is 3.32. The van der Waals surface area contributed by atoms with Crippen LogP contribution in [0.15, 0.2) is 42.7 Å². The lowest BCUT2D eigenvalue weighted by molar-refractivity contribution is 0.0859. The Bertz CT molecular complexity index is 874. The van der Waals surface area contributed by atoms with Crippen molar-refractivity contribution in [1.82, 2.24) is 19.5 Å². The van der Waals surface area contributed by atoms with Crippen LogP contribution < -0.4 is 5.32 Å². The molecule has 6 heteroatoms. The number of nitrogens with zero attached hydrogens (tertiary/aromatic N) is 3. The molecule has 0 saturated carbocycles. The molecule has 1 aliphatic rings. The van der Waals surface area contributed by atoms with Gasteiger partial charge in [-0.1, -0.05) is 6.07 Å². The minimum Gasteiger partial charge on any atom is -0.376 e. The molecule has 0 unspecified atom stereocenters. The van der Waals surface area contributed by atoms with Crippen molar-refractivity contribution in [3.05, 3.63) is 48.3 Å². The van der Waals surface area contributed by atoms with Gasteiger partial charge in [0, 0.05) is 32.6 Å². The Morgan fingerprint density at radius 2 is 2.29 bits per heavy atom. The molecule has 1 fully saturated rings. The molecular formula is C18H20N4O2. The van der Waals surface area contributed by atoms with Crippen LogP contribution in [-0.2, 0) is 11.8 Å². The van der Waals surface area contributed by atoms with Crippen LogP contribution >= 0.6 is 0 Å². The lowest BCUT2D eigenvalue weighted by atomic mass is 10.2. The van der Waals surface area contributed by atoms with E-state index in [0.29, 0.717) is 12.1 Å². The zero-order chi connectivity index (χ0) is 16.5. The van der Waals surface area contributed by atoms with Gasteiger partial charge in [-0.2, -0.15) is 5.10 Å². The van der Waals surface area contributed by atoms with Crippen LogP contribution in [0.5, 0.6) is 0 Å². The molecule has 3 aromatic rings. The predicted molar refractivity (Wildman–Crippen MR) is 90.9 cm³/mol. The predicted octanol–water partition coefficient (Wildman–Crippen LogP) is 2.25. The summed E-state index contributed by atoms with van der Waals surface area (Å²) in [6.07, 6.45) is 6.07. The van der Waals surface area contributed by atoms with Crippen molar-refractivity contribution in [2.24, 2.45) is 7.05 Å². The topological polar surface area (TPSA) is 60.6 Å². The van der Waals surface area contributed by atoms with Crippen molar-refractivity contribution >= 4 is 11.4 Å². The number of pyridine rings is 1. The first-order valence-electron chi connectivity index (χ1n) is 8.22. The number of hydrogen-bond acceptors (Lipinski definition) is 3. The van der Waals surface area contributed by atoms with E-state index in [1.807, 2.05) is 54.2 Å². The second-order valence-corrected chi connectivity index (χ2v) is 6.12. The van der Waals surface area contributed by atoms with E-state index < -0.39 is 0 Å². The van der Waals surface area contributed by atoms with Gasteiger partial charge in [-0.15, -0.1) is 0 Å². The number of carbonyl (C=O) groups excluding carboxylic acids is 1. The standard InChI is InChI=1S/C18H20N4O2/c1-21-9-7-15(20-21)17-11-14(16-6-2-3-8-22(16)17)18(23)19-12-13-5-4-10-24-13/h2-3,6-9,11,13H,4-5,10,12H2,1H3,(H,19,23)/t13-/m1/s1. The van der Waals surface area contributed by atoms with Crippen molar-refractivity contribution in [1.29, 1.82) is 0 Å². The maximum absolute atomic E-state index is 12.7. The van der Waals surface area contributed by atoms with Gasteiger partial charge < -0.3 is 14.5 Å². The molecule has 4 heterocycles. The first-order chi connectivity index (χ1) is 11.7. The summed E-state index contributed by atoms with van der Waals surface area (Å²) in [5.41, 5.74) is 3.29. The molecule has 1 atom stereocenters. The number of rotatable bonds is 4. The molecule has 0 radical (unpaired) electrons. The number of amides is 1. The fourth-order valence-corrected chi connectivity index (χ4v) is 3.19. The van der Waals surface area contributed by atoms with Crippen molar-refractivity contribution in [3.63, 3.8) is 0 Å². The third-order valence-corrected chi connectivity index (χ3v) is 4.41. The van der Waals surface area contributed by atoms with Crippen molar-refractivity contribution in [2.45, 2.75) is 18.9 Å². The maximum atomic E-state index is 12.7. The van der Waals surface area contributed by atoms with Crippen LogP contribution in [0.4, 0.5) is 0 Å². The van der Waals surface area contributed by atoms with Crippen molar-refractivity contribution in [3.8, 4) is 11.4 Å². The van der Waals surface area contributed by atoms with Gasteiger partial charge in [0.05, 0.1) is 22.9 Å². The SMILES string of the molecule is Cn1ccc(-c2cc(C(=O)NC[C@H]3CCCO3)c3ccccn23)n1. The summed E-state index contributed by atoms with van der Waals surface area (Å²) in [7, 11) is 1.88. The third-order valence-electron chi connectivity index (χ3n) is 4.41. The molecule has 0 bridgehead atoms. The number of nitrogens with one attached hydrogen (secondary N) is 1. The molecule has 0 spiro atoms. The van der Waals surface area contributed by atoms with Crippen LogP contribution in [0.2, 0.25) is 0 Å². The summed E-state index contributed by atoms with van der Waals surface area (Å²) >= 11 is 0. The van der Waals surface area contributed by atoms with E-state index >= 15 is 0 Å².